The average molecular weight is 395 g/mol. The molecule has 1 amide bonds. The van der Waals surface area contributed by atoms with Crippen LogP contribution in [0.25, 0.3) is 10.6 Å². The topological polar surface area (TPSA) is 51.2 Å². The maximum Gasteiger partial charge on any atom is 0.387 e. The first-order valence-electron chi connectivity index (χ1n) is 7.52. The van der Waals surface area contributed by atoms with Gasteiger partial charge in [-0.05, 0) is 25.1 Å². The number of aryl methyl sites for hydroxylation is 1. The van der Waals surface area contributed by atoms with Gasteiger partial charge >= 0.3 is 6.61 Å². The highest BCUT2D eigenvalue weighted by Gasteiger charge is 2.17. The van der Waals surface area contributed by atoms with Crippen LogP contribution >= 0.6 is 22.9 Å². The van der Waals surface area contributed by atoms with Crippen LogP contribution < -0.4 is 10.1 Å². The molecule has 134 valence electrons. The lowest BCUT2D eigenvalue weighted by Crippen LogP contribution is -2.11. The number of carbonyl (C=O) groups is 1. The number of carbonyl (C=O) groups excluding carboxylic acids is 1. The van der Waals surface area contributed by atoms with E-state index in [-0.39, 0.29) is 16.7 Å². The van der Waals surface area contributed by atoms with Gasteiger partial charge in [0.1, 0.15) is 15.6 Å². The summed E-state index contributed by atoms with van der Waals surface area (Å²) >= 11 is 7.17. The van der Waals surface area contributed by atoms with E-state index in [1.165, 1.54) is 29.5 Å². The molecule has 0 unspecified atom stereocenters. The summed E-state index contributed by atoms with van der Waals surface area (Å²) in [5.74, 6) is -0.499. The molecular formula is C18H13ClF2N2O2S. The van der Waals surface area contributed by atoms with Crippen molar-refractivity contribution in [1.82, 2.24) is 4.98 Å². The van der Waals surface area contributed by atoms with Gasteiger partial charge in [0.25, 0.3) is 5.91 Å². The molecule has 2 aromatic carbocycles. The van der Waals surface area contributed by atoms with E-state index in [1.807, 2.05) is 30.3 Å². The Balaban J connectivity index is 1.78. The van der Waals surface area contributed by atoms with Gasteiger partial charge in [-0.2, -0.15) is 8.78 Å². The van der Waals surface area contributed by atoms with Crippen LogP contribution in [0.2, 0.25) is 5.02 Å². The number of halogens is 3. The number of hydrogen-bond donors (Lipinski definition) is 1. The van der Waals surface area contributed by atoms with Crippen molar-refractivity contribution in [2.45, 2.75) is 13.5 Å². The van der Waals surface area contributed by atoms with Crippen LogP contribution in [-0.4, -0.2) is 17.5 Å². The van der Waals surface area contributed by atoms with Gasteiger partial charge in [0.2, 0.25) is 0 Å². The fourth-order valence-corrected chi connectivity index (χ4v) is 3.46. The number of rotatable bonds is 5. The summed E-state index contributed by atoms with van der Waals surface area (Å²) < 4.78 is 28.8. The van der Waals surface area contributed by atoms with E-state index in [0.717, 1.165) is 10.6 Å². The van der Waals surface area contributed by atoms with E-state index in [9.17, 15) is 13.6 Å². The Kier molecular flexibility index (Phi) is 5.49. The molecule has 1 heterocycles. The summed E-state index contributed by atoms with van der Waals surface area (Å²) in [7, 11) is 0. The first kappa shape index (κ1) is 18.3. The monoisotopic (exact) mass is 394 g/mol. The van der Waals surface area contributed by atoms with E-state index in [0.29, 0.717) is 16.3 Å². The maximum atomic E-state index is 12.5. The normalized spacial score (nSPS) is 10.8. The van der Waals surface area contributed by atoms with Crippen molar-refractivity contribution in [2.75, 3.05) is 5.32 Å². The number of nitrogens with one attached hydrogen (secondary N) is 1. The van der Waals surface area contributed by atoms with Gasteiger partial charge in [-0.25, -0.2) is 4.98 Å². The van der Waals surface area contributed by atoms with Gasteiger partial charge in [-0.3, -0.25) is 4.79 Å². The SMILES string of the molecule is Cc1nc(-c2ccccc2)sc1C(=O)Nc1ccc(OC(F)F)c(Cl)c1. The minimum Gasteiger partial charge on any atom is -0.433 e. The lowest BCUT2D eigenvalue weighted by molar-refractivity contribution is -0.0497. The number of hydrogen-bond acceptors (Lipinski definition) is 4. The largest absolute Gasteiger partial charge is 0.433 e. The average Bonchev–Trinajstić information content (AvgIpc) is 3.00. The minimum atomic E-state index is -2.97. The molecule has 4 nitrogen and oxygen atoms in total. The lowest BCUT2D eigenvalue weighted by Gasteiger charge is -2.09. The Bertz CT molecular complexity index is 932. The molecule has 0 bridgehead atoms. The summed E-state index contributed by atoms with van der Waals surface area (Å²) in [6.45, 7) is -1.21. The first-order valence-corrected chi connectivity index (χ1v) is 8.72. The second kappa shape index (κ2) is 7.80. The molecule has 3 rings (SSSR count). The van der Waals surface area contributed by atoms with Gasteiger partial charge in [-0.15, -0.1) is 11.3 Å². The van der Waals surface area contributed by atoms with Crippen LogP contribution in [0.5, 0.6) is 5.75 Å². The number of nitrogens with zero attached hydrogens (tertiary/aromatic N) is 1. The molecule has 0 saturated carbocycles. The molecule has 0 fully saturated rings. The van der Waals surface area contributed by atoms with E-state index < -0.39 is 6.61 Å². The quantitative estimate of drug-likeness (QED) is 0.610. The van der Waals surface area contributed by atoms with Crippen LogP contribution in [0, 0.1) is 6.92 Å². The zero-order chi connectivity index (χ0) is 18.7. The number of thiazole rings is 1. The lowest BCUT2D eigenvalue weighted by atomic mass is 10.2. The van der Waals surface area contributed by atoms with Crippen molar-refractivity contribution in [3.05, 3.63) is 64.1 Å². The summed E-state index contributed by atoms with van der Waals surface area (Å²) in [4.78, 5) is 17.4. The van der Waals surface area contributed by atoms with Crippen molar-refractivity contribution >= 4 is 34.5 Å². The predicted octanol–water partition coefficient (Wildman–Crippen LogP) is 5.63. The number of benzene rings is 2. The van der Waals surface area contributed by atoms with Crippen LogP contribution in [0.4, 0.5) is 14.5 Å². The summed E-state index contributed by atoms with van der Waals surface area (Å²) in [5.41, 5.74) is 1.90. The fourth-order valence-electron chi connectivity index (χ4n) is 2.27. The zero-order valence-electron chi connectivity index (χ0n) is 13.5. The zero-order valence-corrected chi connectivity index (χ0v) is 15.1. The molecule has 0 radical (unpaired) electrons. The number of aromatic nitrogens is 1. The highest BCUT2D eigenvalue weighted by molar-refractivity contribution is 7.17. The fraction of sp³-hybridized carbons (Fsp3) is 0.111. The summed E-state index contributed by atoms with van der Waals surface area (Å²) in [6, 6.07) is 13.6. The first-order chi connectivity index (χ1) is 12.4. The number of anilines is 1. The van der Waals surface area contributed by atoms with Crippen molar-refractivity contribution in [1.29, 1.82) is 0 Å². The molecule has 0 spiro atoms. The van der Waals surface area contributed by atoms with Gasteiger partial charge in [0.05, 0.1) is 10.7 Å². The van der Waals surface area contributed by atoms with E-state index in [4.69, 9.17) is 11.6 Å². The molecule has 0 aliphatic heterocycles. The third kappa shape index (κ3) is 4.17. The van der Waals surface area contributed by atoms with Crippen molar-refractivity contribution in [3.63, 3.8) is 0 Å². The number of amides is 1. The summed E-state index contributed by atoms with van der Waals surface area (Å²) in [6.07, 6.45) is 0. The van der Waals surface area contributed by atoms with Crippen LogP contribution in [0.15, 0.2) is 48.5 Å². The molecule has 0 aliphatic carbocycles. The van der Waals surface area contributed by atoms with Crippen molar-refractivity contribution in [2.24, 2.45) is 0 Å². The van der Waals surface area contributed by atoms with E-state index >= 15 is 0 Å². The van der Waals surface area contributed by atoms with Gasteiger partial charge in [0.15, 0.2) is 0 Å². The highest BCUT2D eigenvalue weighted by atomic mass is 35.5. The molecule has 0 saturated heterocycles. The van der Waals surface area contributed by atoms with Crippen LogP contribution in [0.3, 0.4) is 0 Å². The van der Waals surface area contributed by atoms with Crippen molar-refractivity contribution in [3.8, 4) is 16.3 Å². The summed E-state index contributed by atoms with van der Waals surface area (Å²) in [5, 5.41) is 3.41. The third-order valence-electron chi connectivity index (χ3n) is 3.43. The Hall–Kier alpha value is -2.51. The molecule has 3 aromatic rings. The smallest absolute Gasteiger partial charge is 0.387 e. The van der Waals surface area contributed by atoms with Crippen LogP contribution in [-0.2, 0) is 0 Å². The maximum absolute atomic E-state index is 12.5. The highest BCUT2D eigenvalue weighted by Crippen LogP contribution is 2.31. The molecule has 1 N–H and O–H groups in total. The molecule has 0 atom stereocenters. The van der Waals surface area contributed by atoms with Gasteiger partial charge < -0.3 is 10.1 Å². The van der Waals surface area contributed by atoms with Gasteiger partial charge in [0, 0.05) is 11.3 Å². The third-order valence-corrected chi connectivity index (χ3v) is 4.93. The molecule has 0 aliphatic rings. The Morgan fingerprint density at radius 3 is 2.62 bits per heavy atom. The Morgan fingerprint density at radius 2 is 1.96 bits per heavy atom. The van der Waals surface area contributed by atoms with Gasteiger partial charge in [-0.1, -0.05) is 41.9 Å². The molecular weight excluding hydrogens is 382 g/mol. The number of ether oxygens (including phenoxy) is 1. The minimum absolute atomic E-state index is 0.0194. The number of alkyl halides is 2. The predicted molar refractivity (Wildman–Crippen MR) is 98.3 cm³/mol. The molecule has 1 aromatic heterocycles. The Morgan fingerprint density at radius 1 is 1.23 bits per heavy atom. The second-order valence-electron chi connectivity index (χ2n) is 5.28. The molecule has 26 heavy (non-hydrogen) atoms. The van der Waals surface area contributed by atoms with Crippen LogP contribution in [0.1, 0.15) is 15.4 Å². The molecule has 8 heteroatoms. The standard InChI is InChI=1S/C18H13ClF2N2O2S/c1-10-15(26-17(22-10)11-5-3-2-4-6-11)16(24)23-12-7-8-14(13(19)9-12)25-18(20)21/h2-9,18H,1H3,(H,23,24). The van der Waals surface area contributed by atoms with E-state index in [1.54, 1.807) is 6.92 Å². The van der Waals surface area contributed by atoms with E-state index in [2.05, 4.69) is 15.0 Å². The Labute approximate surface area is 157 Å². The second-order valence-corrected chi connectivity index (χ2v) is 6.68. The van der Waals surface area contributed by atoms with Crippen molar-refractivity contribution < 1.29 is 18.3 Å².